The van der Waals surface area contributed by atoms with Crippen molar-refractivity contribution in [2.75, 3.05) is 18.9 Å². The highest BCUT2D eigenvalue weighted by molar-refractivity contribution is 7.89. The van der Waals surface area contributed by atoms with Crippen LogP contribution in [-0.4, -0.2) is 21.6 Å². The molecule has 15 heavy (non-hydrogen) atoms. The summed E-state index contributed by atoms with van der Waals surface area (Å²) >= 11 is 0. The van der Waals surface area contributed by atoms with E-state index in [-0.39, 0.29) is 10.6 Å². The molecule has 0 saturated carbocycles. The zero-order valence-electron chi connectivity index (χ0n) is 7.76. The molecule has 0 atom stereocenters. The Morgan fingerprint density at radius 3 is 2.53 bits per heavy atom. The average Bonchev–Trinajstić information content (AvgIpc) is 2.16. The topological polar surface area (TPSA) is 105 Å². The molecule has 1 aromatic carbocycles. The lowest BCUT2D eigenvalue weighted by Crippen LogP contribution is -2.18. The number of rotatable bonds is 1. The second-order valence-corrected chi connectivity index (χ2v) is 4.64. The Bertz CT molecular complexity index is 498. The predicted molar refractivity (Wildman–Crippen MR) is 53.2 cm³/mol. The van der Waals surface area contributed by atoms with Crippen molar-refractivity contribution in [1.82, 2.24) is 0 Å². The Kier molecular flexibility index (Phi) is 2.20. The van der Waals surface area contributed by atoms with Crippen molar-refractivity contribution < 1.29 is 17.9 Å². The van der Waals surface area contributed by atoms with Crippen molar-refractivity contribution in [2.24, 2.45) is 5.14 Å². The quantitative estimate of drug-likeness (QED) is 0.644. The Morgan fingerprint density at radius 1 is 1.20 bits per heavy atom. The van der Waals surface area contributed by atoms with Crippen LogP contribution in [0.25, 0.3) is 0 Å². The predicted octanol–water partition coefficient (Wildman–Crippen LogP) is -0.313. The van der Waals surface area contributed by atoms with E-state index < -0.39 is 10.0 Å². The van der Waals surface area contributed by atoms with Gasteiger partial charge in [-0.2, -0.15) is 0 Å². The smallest absolute Gasteiger partial charge is 0.238 e. The molecule has 0 aliphatic carbocycles. The van der Waals surface area contributed by atoms with Gasteiger partial charge in [-0.1, -0.05) is 0 Å². The van der Waals surface area contributed by atoms with Crippen molar-refractivity contribution in [3.8, 4) is 11.5 Å². The van der Waals surface area contributed by atoms with Crippen LogP contribution in [0, 0.1) is 0 Å². The van der Waals surface area contributed by atoms with E-state index in [0.717, 1.165) is 0 Å². The fraction of sp³-hybridized carbons (Fsp3) is 0.250. The SMILES string of the molecule is Nc1cc(S(N)(=O)=O)cc2c1OCCO2. The first-order valence-electron chi connectivity index (χ1n) is 4.20. The summed E-state index contributed by atoms with van der Waals surface area (Å²) in [5, 5.41) is 4.98. The van der Waals surface area contributed by atoms with Crippen LogP contribution >= 0.6 is 0 Å². The molecule has 1 aliphatic rings. The number of hydrogen-bond acceptors (Lipinski definition) is 5. The molecule has 0 spiro atoms. The zero-order chi connectivity index (χ0) is 11.1. The highest BCUT2D eigenvalue weighted by atomic mass is 32.2. The van der Waals surface area contributed by atoms with Crippen LogP contribution in [0.5, 0.6) is 11.5 Å². The van der Waals surface area contributed by atoms with Gasteiger partial charge in [-0.3, -0.25) is 0 Å². The number of sulfonamides is 1. The minimum atomic E-state index is -3.77. The van der Waals surface area contributed by atoms with Crippen molar-refractivity contribution in [1.29, 1.82) is 0 Å². The molecule has 0 aromatic heterocycles. The number of primary sulfonamides is 1. The third kappa shape index (κ3) is 1.83. The number of benzene rings is 1. The summed E-state index contributed by atoms with van der Waals surface area (Å²) in [7, 11) is -3.77. The maximum absolute atomic E-state index is 11.1. The maximum Gasteiger partial charge on any atom is 0.238 e. The van der Waals surface area contributed by atoms with E-state index in [0.29, 0.717) is 24.7 Å². The average molecular weight is 230 g/mol. The number of hydrogen-bond donors (Lipinski definition) is 2. The first-order chi connectivity index (χ1) is 6.98. The minimum absolute atomic E-state index is 0.0794. The molecule has 1 aromatic rings. The standard InChI is InChI=1S/C8H10N2O4S/c9-6-3-5(15(10,11)12)4-7-8(6)14-2-1-13-7/h3-4H,1-2,9H2,(H2,10,11,12). The van der Waals surface area contributed by atoms with Crippen molar-refractivity contribution >= 4 is 15.7 Å². The second kappa shape index (κ2) is 3.28. The molecule has 0 amide bonds. The Morgan fingerprint density at radius 2 is 1.87 bits per heavy atom. The van der Waals surface area contributed by atoms with E-state index in [4.69, 9.17) is 20.3 Å². The number of nitrogens with two attached hydrogens (primary N) is 2. The minimum Gasteiger partial charge on any atom is -0.486 e. The van der Waals surface area contributed by atoms with Gasteiger partial charge < -0.3 is 15.2 Å². The van der Waals surface area contributed by atoms with Gasteiger partial charge in [-0.25, -0.2) is 13.6 Å². The number of fused-ring (bicyclic) bond motifs is 1. The zero-order valence-corrected chi connectivity index (χ0v) is 8.58. The molecule has 1 heterocycles. The van der Waals surface area contributed by atoms with Crippen LogP contribution in [0.4, 0.5) is 5.69 Å². The van der Waals surface area contributed by atoms with Crippen LogP contribution in [-0.2, 0) is 10.0 Å². The van der Waals surface area contributed by atoms with Gasteiger partial charge in [0.2, 0.25) is 10.0 Å². The molecule has 0 bridgehead atoms. The maximum atomic E-state index is 11.1. The summed E-state index contributed by atoms with van der Waals surface area (Å²) in [4.78, 5) is -0.0794. The summed E-state index contributed by atoms with van der Waals surface area (Å²) < 4.78 is 32.6. The highest BCUT2D eigenvalue weighted by Crippen LogP contribution is 2.37. The molecule has 4 N–H and O–H groups in total. The van der Waals surface area contributed by atoms with Gasteiger partial charge in [0, 0.05) is 6.07 Å². The van der Waals surface area contributed by atoms with Crippen LogP contribution in [0.2, 0.25) is 0 Å². The molecule has 0 radical (unpaired) electrons. The molecule has 7 heteroatoms. The monoisotopic (exact) mass is 230 g/mol. The normalized spacial score (nSPS) is 15.0. The van der Waals surface area contributed by atoms with Crippen LogP contribution in [0.3, 0.4) is 0 Å². The van der Waals surface area contributed by atoms with Gasteiger partial charge in [0.25, 0.3) is 0 Å². The molecular formula is C8H10N2O4S. The lowest BCUT2D eigenvalue weighted by Gasteiger charge is -2.20. The number of ether oxygens (including phenoxy) is 2. The fourth-order valence-electron chi connectivity index (χ4n) is 1.32. The summed E-state index contributed by atoms with van der Waals surface area (Å²) in [6, 6.07) is 2.56. The van der Waals surface area contributed by atoms with Crippen LogP contribution in [0.1, 0.15) is 0 Å². The van der Waals surface area contributed by atoms with Gasteiger partial charge in [0.1, 0.15) is 13.2 Å². The van der Waals surface area contributed by atoms with Gasteiger partial charge in [0.15, 0.2) is 11.5 Å². The summed E-state index contributed by atoms with van der Waals surface area (Å²) in [5.41, 5.74) is 5.82. The van der Waals surface area contributed by atoms with Gasteiger partial charge in [-0.15, -0.1) is 0 Å². The summed E-state index contributed by atoms with van der Waals surface area (Å²) in [5.74, 6) is 0.680. The first kappa shape index (κ1) is 10.1. The van der Waals surface area contributed by atoms with E-state index in [1.807, 2.05) is 0 Å². The largest absolute Gasteiger partial charge is 0.486 e. The second-order valence-electron chi connectivity index (χ2n) is 3.08. The first-order valence-corrected chi connectivity index (χ1v) is 5.75. The van der Waals surface area contributed by atoms with E-state index in [2.05, 4.69) is 0 Å². The Hall–Kier alpha value is -1.47. The Labute approximate surface area is 86.8 Å². The third-order valence-corrected chi connectivity index (χ3v) is 2.87. The molecular weight excluding hydrogens is 220 g/mol. The van der Waals surface area contributed by atoms with E-state index >= 15 is 0 Å². The molecule has 2 rings (SSSR count). The van der Waals surface area contributed by atoms with Gasteiger partial charge in [-0.05, 0) is 6.07 Å². The highest BCUT2D eigenvalue weighted by Gasteiger charge is 2.19. The lowest BCUT2D eigenvalue weighted by molar-refractivity contribution is 0.172. The molecule has 82 valence electrons. The van der Waals surface area contributed by atoms with Crippen molar-refractivity contribution in [2.45, 2.75) is 4.90 Å². The fourth-order valence-corrected chi connectivity index (χ4v) is 1.88. The number of anilines is 1. The summed E-state index contributed by atoms with van der Waals surface area (Å²) in [6.07, 6.45) is 0. The van der Waals surface area contributed by atoms with Crippen molar-refractivity contribution in [3.63, 3.8) is 0 Å². The molecule has 1 aliphatic heterocycles. The molecule has 0 fully saturated rings. The molecule has 6 nitrogen and oxygen atoms in total. The van der Waals surface area contributed by atoms with E-state index in [1.54, 1.807) is 0 Å². The van der Waals surface area contributed by atoms with Crippen LogP contribution in [0.15, 0.2) is 17.0 Å². The van der Waals surface area contributed by atoms with Gasteiger partial charge in [0.05, 0.1) is 10.6 Å². The Balaban J connectivity index is 2.60. The summed E-state index contributed by atoms with van der Waals surface area (Å²) in [6.45, 7) is 0.756. The van der Waals surface area contributed by atoms with E-state index in [1.165, 1.54) is 12.1 Å². The van der Waals surface area contributed by atoms with Crippen LogP contribution < -0.4 is 20.3 Å². The molecule has 0 unspecified atom stereocenters. The number of nitrogen functional groups attached to an aromatic ring is 1. The molecule has 0 saturated heterocycles. The van der Waals surface area contributed by atoms with Gasteiger partial charge >= 0.3 is 0 Å². The van der Waals surface area contributed by atoms with E-state index in [9.17, 15) is 8.42 Å². The lowest BCUT2D eigenvalue weighted by atomic mass is 10.2. The van der Waals surface area contributed by atoms with Crippen molar-refractivity contribution in [3.05, 3.63) is 12.1 Å². The third-order valence-electron chi connectivity index (χ3n) is 1.97.